The molecule has 1 unspecified atom stereocenters. The number of nitrogens with zero attached hydrogens (tertiary/aromatic N) is 2. The smallest absolute Gasteiger partial charge is 0.242 e. The van der Waals surface area contributed by atoms with E-state index in [4.69, 9.17) is 0 Å². The number of benzene rings is 1. The van der Waals surface area contributed by atoms with Gasteiger partial charge < -0.3 is 9.80 Å². The van der Waals surface area contributed by atoms with E-state index in [1.54, 1.807) is 7.05 Å². The van der Waals surface area contributed by atoms with E-state index in [1.165, 1.54) is 16.7 Å². The van der Waals surface area contributed by atoms with Crippen LogP contribution in [0.5, 0.6) is 0 Å². The summed E-state index contributed by atoms with van der Waals surface area (Å²) in [5.41, 5.74) is 2.71. The summed E-state index contributed by atoms with van der Waals surface area (Å²) in [4.78, 5) is 27.5. The largest absolute Gasteiger partial charge is 0.340 e. The zero-order valence-corrected chi connectivity index (χ0v) is 15.4. The van der Waals surface area contributed by atoms with Crippen molar-refractivity contribution in [1.82, 2.24) is 4.90 Å². The van der Waals surface area contributed by atoms with Crippen molar-refractivity contribution in [3.05, 3.63) is 29.3 Å². The maximum atomic E-state index is 12.5. The molecule has 2 rings (SSSR count). The SMILES string of the molecule is CC(=O)N(CC(=O)N(C)C1CCS(=O)(=O)C1)c1ccc(C)cc1C. The van der Waals surface area contributed by atoms with Crippen molar-refractivity contribution < 1.29 is 18.0 Å². The molecule has 1 aliphatic heterocycles. The molecule has 132 valence electrons. The van der Waals surface area contributed by atoms with Crippen molar-refractivity contribution in [1.29, 1.82) is 0 Å². The molecule has 1 aliphatic rings. The first-order valence-electron chi connectivity index (χ1n) is 7.92. The number of rotatable bonds is 4. The van der Waals surface area contributed by atoms with Crippen molar-refractivity contribution in [3.63, 3.8) is 0 Å². The van der Waals surface area contributed by atoms with Gasteiger partial charge in [-0.2, -0.15) is 0 Å². The Balaban J connectivity index is 2.16. The first-order chi connectivity index (χ1) is 11.1. The predicted molar refractivity (Wildman–Crippen MR) is 93.8 cm³/mol. The van der Waals surface area contributed by atoms with Gasteiger partial charge in [0.1, 0.15) is 6.54 Å². The molecule has 0 radical (unpaired) electrons. The summed E-state index contributed by atoms with van der Waals surface area (Å²) in [6.45, 7) is 5.20. The number of carbonyl (C=O) groups excluding carboxylic acids is 2. The van der Waals surface area contributed by atoms with Crippen LogP contribution in [-0.4, -0.2) is 56.3 Å². The van der Waals surface area contributed by atoms with Crippen LogP contribution in [0.1, 0.15) is 24.5 Å². The minimum atomic E-state index is -3.06. The highest BCUT2D eigenvalue weighted by Gasteiger charge is 2.33. The Morgan fingerprint density at radius 3 is 2.42 bits per heavy atom. The van der Waals surface area contributed by atoms with Crippen LogP contribution >= 0.6 is 0 Å². The lowest BCUT2D eigenvalue weighted by atomic mass is 10.1. The molecule has 1 atom stereocenters. The lowest BCUT2D eigenvalue weighted by molar-refractivity contribution is -0.131. The van der Waals surface area contributed by atoms with E-state index >= 15 is 0 Å². The number of amides is 2. The molecule has 24 heavy (non-hydrogen) atoms. The summed E-state index contributed by atoms with van der Waals surface area (Å²) < 4.78 is 23.2. The molecule has 0 saturated carbocycles. The highest BCUT2D eigenvalue weighted by atomic mass is 32.2. The molecule has 6 nitrogen and oxygen atoms in total. The maximum absolute atomic E-state index is 12.5. The van der Waals surface area contributed by atoms with Crippen LogP contribution in [0.15, 0.2) is 18.2 Å². The second kappa shape index (κ2) is 6.93. The minimum absolute atomic E-state index is 0.00112. The van der Waals surface area contributed by atoms with Crippen LogP contribution in [0.3, 0.4) is 0 Å². The van der Waals surface area contributed by atoms with Crippen LogP contribution in [0.25, 0.3) is 0 Å². The summed E-state index contributed by atoms with van der Waals surface area (Å²) in [6, 6.07) is 5.38. The third kappa shape index (κ3) is 4.14. The zero-order valence-electron chi connectivity index (χ0n) is 14.6. The fourth-order valence-electron chi connectivity index (χ4n) is 3.01. The Morgan fingerprint density at radius 2 is 1.92 bits per heavy atom. The molecular weight excluding hydrogens is 328 g/mol. The molecule has 0 N–H and O–H groups in total. The Bertz CT molecular complexity index is 758. The number of carbonyl (C=O) groups is 2. The van der Waals surface area contributed by atoms with Gasteiger partial charge in [-0.1, -0.05) is 17.7 Å². The second-order valence-corrected chi connectivity index (χ2v) is 8.69. The Labute approximate surface area is 143 Å². The fourth-order valence-corrected chi connectivity index (χ4v) is 4.78. The molecule has 0 aromatic heterocycles. The average molecular weight is 352 g/mol. The van der Waals surface area contributed by atoms with Crippen LogP contribution < -0.4 is 4.90 Å². The normalized spacial score (nSPS) is 19.1. The van der Waals surface area contributed by atoms with Gasteiger partial charge in [-0.3, -0.25) is 9.59 Å². The number of anilines is 1. The van der Waals surface area contributed by atoms with Crippen molar-refractivity contribution in [3.8, 4) is 0 Å². The lowest BCUT2D eigenvalue weighted by Crippen LogP contribution is -2.45. The third-order valence-corrected chi connectivity index (χ3v) is 6.22. The lowest BCUT2D eigenvalue weighted by Gasteiger charge is -2.28. The van der Waals surface area contributed by atoms with Gasteiger partial charge >= 0.3 is 0 Å². The van der Waals surface area contributed by atoms with Crippen LogP contribution in [-0.2, 0) is 19.4 Å². The van der Waals surface area contributed by atoms with E-state index in [-0.39, 0.29) is 35.9 Å². The Morgan fingerprint density at radius 1 is 1.25 bits per heavy atom. The van der Waals surface area contributed by atoms with Crippen LogP contribution in [0.4, 0.5) is 5.69 Å². The van der Waals surface area contributed by atoms with Crippen molar-refractivity contribution in [2.75, 3.05) is 30.0 Å². The first kappa shape index (κ1) is 18.4. The molecule has 1 aromatic rings. The minimum Gasteiger partial charge on any atom is -0.340 e. The van der Waals surface area contributed by atoms with Crippen LogP contribution in [0.2, 0.25) is 0 Å². The Kier molecular flexibility index (Phi) is 5.32. The monoisotopic (exact) mass is 352 g/mol. The van der Waals surface area contributed by atoms with E-state index in [0.29, 0.717) is 12.1 Å². The van der Waals surface area contributed by atoms with Crippen LogP contribution in [0, 0.1) is 13.8 Å². The number of likely N-dealkylation sites (N-methyl/N-ethyl adjacent to an activating group) is 1. The molecule has 7 heteroatoms. The average Bonchev–Trinajstić information content (AvgIpc) is 2.84. The number of hydrogen-bond donors (Lipinski definition) is 0. The fraction of sp³-hybridized carbons (Fsp3) is 0.529. The molecular formula is C17H24N2O4S. The summed E-state index contributed by atoms with van der Waals surface area (Å²) in [5.74, 6) is -0.364. The maximum Gasteiger partial charge on any atom is 0.242 e. The first-order valence-corrected chi connectivity index (χ1v) is 9.74. The molecule has 1 saturated heterocycles. The summed E-state index contributed by atoms with van der Waals surface area (Å²) in [7, 11) is -1.45. The highest BCUT2D eigenvalue weighted by Crippen LogP contribution is 2.22. The molecule has 0 spiro atoms. The van der Waals surface area contributed by atoms with Gasteiger partial charge in [0.25, 0.3) is 0 Å². The van der Waals surface area contributed by atoms with E-state index in [1.807, 2.05) is 32.0 Å². The second-order valence-electron chi connectivity index (χ2n) is 6.46. The van der Waals surface area contributed by atoms with E-state index in [0.717, 1.165) is 11.1 Å². The molecule has 0 bridgehead atoms. The molecule has 0 aliphatic carbocycles. The zero-order chi connectivity index (χ0) is 18.1. The van der Waals surface area contributed by atoms with E-state index in [2.05, 4.69) is 0 Å². The van der Waals surface area contributed by atoms with Gasteiger partial charge in [-0.05, 0) is 31.9 Å². The molecule has 1 aromatic carbocycles. The van der Waals surface area contributed by atoms with E-state index in [9.17, 15) is 18.0 Å². The quantitative estimate of drug-likeness (QED) is 0.819. The van der Waals surface area contributed by atoms with Crippen molar-refractivity contribution in [2.24, 2.45) is 0 Å². The van der Waals surface area contributed by atoms with Gasteiger partial charge in [0.15, 0.2) is 9.84 Å². The molecule has 1 fully saturated rings. The summed E-state index contributed by atoms with van der Waals surface area (Å²) in [6.07, 6.45) is 0.453. The number of aryl methyl sites for hydroxylation is 2. The predicted octanol–water partition coefficient (Wildman–Crippen LogP) is 1.30. The standard InChI is InChI=1S/C17H24N2O4S/c1-12-5-6-16(13(2)9-12)19(14(3)20)10-17(21)18(4)15-7-8-24(22,23)11-15/h5-6,9,15H,7-8,10-11H2,1-4H3. The van der Waals surface area contributed by atoms with Gasteiger partial charge in [-0.15, -0.1) is 0 Å². The van der Waals surface area contributed by atoms with Gasteiger partial charge in [-0.25, -0.2) is 8.42 Å². The molecule has 1 heterocycles. The summed E-state index contributed by atoms with van der Waals surface area (Å²) >= 11 is 0. The highest BCUT2D eigenvalue weighted by molar-refractivity contribution is 7.91. The topological polar surface area (TPSA) is 74.8 Å². The van der Waals surface area contributed by atoms with Crippen molar-refractivity contribution >= 4 is 27.3 Å². The van der Waals surface area contributed by atoms with Gasteiger partial charge in [0.05, 0.1) is 11.5 Å². The van der Waals surface area contributed by atoms with Gasteiger partial charge in [0.2, 0.25) is 11.8 Å². The van der Waals surface area contributed by atoms with Gasteiger partial charge in [0, 0.05) is 25.7 Å². The van der Waals surface area contributed by atoms with Crippen molar-refractivity contribution in [2.45, 2.75) is 33.2 Å². The Hall–Kier alpha value is -1.89. The number of hydrogen-bond acceptors (Lipinski definition) is 4. The van der Waals surface area contributed by atoms with E-state index < -0.39 is 9.84 Å². The third-order valence-electron chi connectivity index (χ3n) is 4.47. The number of sulfone groups is 1. The summed E-state index contributed by atoms with van der Waals surface area (Å²) in [5, 5.41) is 0. The molecule has 2 amide bonds.